The number of ether oxygens (including phenoxy) is 1. The van der Waals surface area contributed by atoms with Crippen molar-refractivity contribution in [3.63, 3.8) is 0 Å². The predicted octanol–water partition coefficient (Wildman–Crippen LogP) is 2.22. The van der Waals surface area contributed by atoms with Gasteiger partial charge in [0.25, 0.3) is 0 Å². The highest BCUT2D eigenvalue weighted by molar-refractivity contribution is 6.31. The molecule has 2 aliphatic rings. The van der Waals surface area contributed by atoms with E-state index in [0.29, 0.717) is 36.0 Å². The third-order valence-electron chi connectivity index (χ3n) is 3.97. The minimum Gasteiger partial charge on any atom is -0.491 e. The van der Waals surface area contributed by atoms with Crippen LogP contribution in [0.25, 0.3) is 0 Å². The molecule has 0 spiro atoms. The molecular formula is C15H17ClN2O3. The number of hydrogen-bond donors (Lipinski definition) is 1. The lowest BCUT2D eigenvalue weighted by Gasteiger charge is -2.22. The summed E-state index contributed by atoms with van der Waals surface area (Å²) in [5.41, 5.74) is 1.60. The number of nitrogens with one attached hydrogen (secondary N) is 1. The molecule has 0 aliphatic carbocycles. The van der Waals surface area contributed by atoms with Crippen molar-refractivity contribution in [1.29, 1.82) is 0 Å². The first kappa shape index (κ1) is 14.2. The molecule has 0 radical (unpaired) electrons. The number of nitrogens with zero attached hydrogens (tertiary/aromatic N) is 1. The Hall–Kier alpha value is -1.75. The first-order valence-electron chi connectivity index (χ1n) is 7.09. The van der Waals surface area contributed by atoms with Gasteiger partial charge in [0.15, 0.2) is 0 Å². The van der Waals surface area contributed by atoms with E-state index in [2.05, 4.69) is 5.32 Å². The van der Waals surface area contributed by atoms with E-state index in [1.165, 1.54) is 6.92 Å². The molecule has 1 saturated heterocycles. The molecule has 0 unspecified atom stereocenters. The average Bonchev–Trinajstić information content (AvgIpc) is 3.06. The van der Waals surface area contributed by atoms with Crippen molar-refractivity contribution in [2.24, 2.45) is 0 Å². The number of hydrogen-bond acceptors (Lipinski definition) is 3. The number of carbonyl (C=O) groups is 2. The van der Waals surface area contributed by atoms with Crippen molar-refractivity contribution in [2.75, 3.05) is 18.5 Å². The summed E-state index contributed by atoms with van der Waals surface area (Å²) in [5, 5.41) is 3.44. The van der Waals surface area contributed by atoms with Crippen LogP contribution in [0.3, 0.4) is 0 Å². The van der Waals surface area contributed by atoms with Crippen LogP contribution in [-0.4, -0.2) is 35.9 Å². The molecule has 1 atom stereocenters. The van der Waals surface area contributed by atoms with E-state index in [1.54, 1.807) is 11.0 Å². The lowest BCUT2D eigenvalue weighted by molar-refractivity contribution is -0.134. The van der Waals surface area contributed by atoms with Crippen LogP contribution < -0.4 is 10.1 Å². The maximum Gasteiger partial charge on any atom is 0.247 e. The summed E-state index contributed by atoms with van der Waals surface area (Å²) < 4.78 is 5.57. The van der Waals surface area contributed by atoms with Crippen molar-refractivity contribution in [2.45, 2.75) is 32.2 Å². The summed E-state index contributed by atoms with van der Waals surface area (Å²) >= 11 is 6.08. The second-order valence-corrected chi connectivity index (χ2v) is 5.84. The second-order valence-electron chi connectivity index (χ2n) is 5.40. The van der Waals surface area contributed by atoms with Crippen LogP contribution in [0.15, 0.2) is 12.1 Å². The number of anilines is 1. The Labute approximate surface area is 128 Å². The fourth-order valence-corrected chi connectivity index (χ4v) is 3.24. The Morgan fingerprint density at radius 3 is 3.00 bits per heavy atom. The Morgan fingerprint density at radius 2 is 2.24 bits per heavy atom. The van der Waals surface area contributed by atoms with Gasteiger partial charge in [-0.3, -0.25) is 9.59 Å². The summed E-state index contributed by atoms with van der Waals surface area (Å²) in [6, 6.07) is 3.15. The van der Waals surface area contributed by atoms with Crippen LogP contribution in [0, 0.1) is 0 Å². The third-order valence-corrected chi connectivity index (χ3v) is 4.18. The van der Waals surface area contributed by atoms with Gasteiger partial charge in [0.1, 0.15) is 11.8 Å². The summed E-state index contributed by atoms with van der Waals surface area (Å²) in [6.07, 6.45) is 2.33. The number of amides is 2. The molecule has 21 heavy (non-hydrogen) atoms. The van der Waals surface area contributed by atoms with Crippen molar-refractivity contribution >= 4 is 29.1 Å². The molecule has 2 heterocycles. The number of fused-ring (bicyclic) bond motifs is 1. The Balaban J connectivity index is 1.81. The zero-order chi connectivity index (χ0) is 15.0. The van der Waals surface area contributed by atoms with Crippen molar-refractivity contribution < 1.29 is 14.3 Å². The predicted molar refractivity (Wildman–Crippen MR) is 79.7 cm³/mol. The number of likely N-dealkylation sites (tertiary alicyclic amines) is 1. The summed E-state index contributed by atoms with van der Waals surface area (Å²) in [6.45, 7) is 2.73. The summed E-state index contributed by atoms with van der Waals surface area (Å²) in [5.74, 6) is 0.447. The fraction of sp³-hybridized carbons (Fsp3) is 0.467. The van der Waals surface area contributed by atoms with Crippen molar-refractivity contribution in [3.05, 3.63) is 22.7 Å². The van der Waals surface area contributed by atoms with E-state index in [4.69, 9.17) is 16.3 Å². The van der Waals surface area contributed by atoms with Crippen molar-refractivity contribution in [3.8, 4) is 5.75 Å². The normalized spacial score (nSPS) is 20.1. The quantitative estimate of drug-likeness (QED) is 0.911. The van der Waals surface area contributed by atoms with Crippen molar-refractivity contribution in [1.82, 2.24) is 4.90 Å². The summed E-state index contributed by atoms with van der Waals surface area (Å²) in [4.78, 5) is 25.6. The molecule has 1 fully saturated rings. The zero-order valence-electron chi connectivity index (χ0n) is 11.8. The molecule has 2 amide bonds. The first-order valence-corrected chi connectivity index (χ1v) is 7.47. The van der Waals surface area contributed by atoms with Gasteiger partial charge in [0.2, 0.25) is 11.8 Å². The lowest BCUT2D eigenvalue weighted by Crippen LogP contribution is -2.42. The molecule has 0 saturated carbocycles. The van der Waals surface area contributed by atoms with E-state index in [0.717, 1.165) is 18.4 Å². The highest BCUT2D eigenvalue weighted by Crippen LogP contribution is 2.37. The Bertz CT molecular complexity index is 603. The molecule has 1 aromatic rings. The molecule has 1 aromatic carbocycles. The number of carbonyl (C=O) groups excluding carboxylic acids is 2. The van der Waals surface area contributed by atoms with E-state index in [9.17, 15) is 9.59 Å². The molecule has 3 rings (SSSR count). The van der Waals surface area contributed by atoms with E-state index in [-0.39, 0.29) is 11.8 Å². The van der Waals surface area contributed by atoms with Gasteiger partial charge in [-0.05, 0) is 25.0 Å². The van der Waals surface area contributed by atoms with Gasteiger partial charge in [0.05, 0.1) is 12.3 Å². The molecule has 6 heteroatoms. The number of benzene rings is 1. The van der Waals surface area contributed by atoms with Crippen LogP contribution in [0.5, 0.6) is 5.75 Å². The third kappa shape index (κ3) is 2.70. The van der Waals surface area contributed by atoms with Crippen LogP contribution in [-0.2, 0) is 16.0 Å². The largest absolute Gasteiger partial charge is 0.491 e. The highest BCUT2D eigenvalue weighted by Gasteiger charge is 2.33. The second kappa shape index (κ2) is 5.56. The number of rotatable bonds is 2. The maximum absolute atomic E-state index is 12.4. The van der Waals surface area contributed by atoms with Gasteiger partial charge in [-0.25, -0.2) is 0 Å². The van der Waals surface area contributed by atoms with Gasteiger partial charge < -0.3 is 15.0 Å². The fourth-order valence-electron chi connectivity index (χ4n) is 2.99. The summed E-state index contributed by atoms with van der Waals surface area (Å²) in [7, 11) is 0. The van der Waals surface area contributed by atoms with Crippen LogP contribution in [0.2, 0.25) is 5.02 Å². The molecule has 0 bridgehead atoms. The van der Waals surface area contributed by atoms with Gasteiger partial charge in [-0.1, -0.05) is 11.6 Å². The smallest absolute Gasteiger partial charge is 0.247 e. The molecular weight excluding hydrogens is 292 g/mol. The topological polar surface area (TPSA) is 58.6 Å². The monoisotopic (exact) mass is 308 g/mol. The molecule has 5 nitrogen and oxygen atoms in total. The van der Waals surface area contributed by atoms with E-state index < -0.39 is 6.04 Å². The van der Waals surface area contributed by atoms with Gasteiger partial charge in [0, 0.05) is 30.5 Å². The van der Waals surface area contributed by atoms with Gasteiger partial charge in [-0.15, -0.1) is 0 Å². The minimum atomic E-state index is -0.404. The highest BCUT2D eigenvalue weighted by atomic mass is 35.5. The van der Waals surface area contributed by atoms with Crippen LogP contribution >= 0.6 is 11.6 Å². The van der Waals surface area contributed by atoms with E-state index in [1.807, 2.05) is 6.07 Å². The SMILES string of the molecule is CC(=O)N1CCC[C@H]1C(=O)Nc1cc(Cl)cc2c1OCC2. The zero-order valence-corrected chi connectivity index (χ0v) is 12.6. The van der Waals surface area contributed by atoms with Gasteiger partial charge >= 0.3 is 0 Å². The first-order chi connectivity index (χ1) is 10.1. The van der Waals surface area contributed by atoms with Crippen LogP contribution in [0.1, 0.15) is 25.3 Å². The van der Waals surface area contributed by atoms with E-state index >= 15 is 0 Å². The molecule has 0 aromatic heterocycles. The average molecular weight is 309 g/mol. The molecule has 2 aliphatic heterocycles. The van der Waals surface area contributed by atoms with Crippen LogP contribution in [0.4, 0.5) is 5.69 Å². The maximum atomic E-state index is 12.4. The van der Waals surface area contributed by atoms with Gasteiger partial charge in [-0.2, -0.15) is 0 Å². The lowest BCUT2D eigenvalue weighted by atomic mass is 10.1. The Kier molecular flexibility index (Phi) is 3.76. The minimum absolute atomic E-state index is 0.0692. The standard InChI is InChI=1S/C15H17ClN2O3/c1-9(19)18-5-2-3-13(18)15(20)17-12-8-11(16)7-10-4-6-21-14(10)12/h7-8,13H,2-6H2,1H3,(H,17,20)/t13-/m0/s1. The molecule has 112 valence electrons. The molecule has 1 N–H and O–H groups in total. The number of halogens is 1. The Morgan fingerprint density at radius 1 is 1.43 bits per heavy atom.